The summed E-state index contributed by atoms with van der Waals surface area (Å²) in [6, 6.07) is 12.5. The van der Waals surface area contributed by atoms with Crippen molar-refractivity contribution in [3.8, 4) is 0 Å². The maximum absolute atomic E-state index is 12.7. The lowest BCUT2D eigenvalue weighted by molar-refractivity contribution is -0.118. The largest absolute Gasteiger partial charge is 0.343 e. The fourth-order valence-electron chi connectivity index (χ4n) is 3.11. The molecule has 0 saturated heterocycles. The molecule has 9 heteroatoms. The number of nitrogens with one attached hydrogen (secondary N) is 4. The van der Waals surface area contributed by atoms with Crippen LogP contribution in [0.4, 0.5) is 5.69 Å². The van der Waals surface area contributed by atoms with Gasteiger partial charge in [-0.25, -0.2) is 9.80 Å². The van der Waals surface area contributed by atoms with Gasteiger partial charge in [-0.2, -0.15) is 0 Å². The average molecular weight is 392 g/mol. The first-order valence-electron chi connectivity index (χ1n) is 9.14. The minimum Gasteiger partial charge on any atom is -0.343 e. The Hall–Kier alpha value is -3.88. The molecule has 9 nitrogen and oxygen atoms in total. The number of aliphatic imine (C=N–C) groups is 1. The predicted octanol–water partition coefficient (Wildman–Crippen LogP) is 1.29. The summed E-state index contributed by atoms with van der Waals surface area (Å²) >= 11 is 0. The van der Waals surface area contributed by atoms with Gasteiger partial charge in [-0.05, 0) is 43.7 Å². The first kappa shape index (κ1) is 18.5. The molecule has 1 aromatic heterocycles. The van der Waals surface area contributed by atoms with Crippen molar-refractivity contribution in [2.75, 3.05) is 11.6 Å². The van der Waals surface area contributed by atoms with Crippen LogP contribution < -0.4 is 21.4 Å². The number of imidazole rings is 1. The van der Waals surface area contributed by atoms with Gasteiger partial charge in [0.25, 0.3) is 11.8 Å². The summed E-state index contributed by atoms with van der Waals surface area (Å²) in [6.45, 7) is 3.67. The molecule has 29 heavy (non-hydrogen) atoms. The molecule has 0 aliphatic carbocycles. The van der Waals surface area contributed by atoms with Crippen LogP contribution in [-0.2, 0) is 9.59 Å². The number of carbonyl (C=O) groups is 2. The van der Waals surface area contributed by atoms with E-state index in [-0.39, 0.29) is 30.0 Å². The number of amides is 2. The van der Waals surface area contributed by atoms with Crippen molar-refractivity contribution in [3.63, 3.8) is 0 Å². The van der Waals surface area contributed by atoms with Crippen molar-refractivity contribution in [2.45, 2.75) is 19.9 Å². The second kappa shape index (κ2) is 7.27. The van der Waals surface area contributed by atoms with Crippen LogP contribution in [0.3, 0.4) is 0 Å². The number of hydrazine groups is 1. The molecular weight excluding hydrogens is 372 g/mol. The lowest BCUT2D eigenvalue weighted by Crippen LogP contribution is -2.56. The molecule has 4 N–H and O–H groups in total. The van der Waals surface area contributed by atoms with Crippen LogP contribution in [0.2, 0.25) is 0 Å². The topological polar surface area (TPSA) is 122 Å². The van der Waals surface area contributed by atoms with Crippen LogP contribution in [0.5, 0.6) is 0 Å². The third kappa shape index (κ3) is 3.75. The molecule has 0 fully saturated rings. The standard InChI is InChI=1S/C20H20N6O3/c1-11-3-6-14(7-4-11)26-17(27)10-21-18(25-26)19(28)22-12(2)13-5-8-15-16(9-13)24-20(29)23-15/h3-9,12H,10H2,1-2H3,(H,21,25)(H,22,28)(H2,23,24,29). The Morgan fingerprint density at radius 3 is 2.59 bits per heavy atom. The summed E-state index contributed by atoms with van der Waals surface area (Å²) in [5.74, 6) is -0.613. The normalized spacial score (nSPS) is 15.0. The maximum Gasteiger partial charge on any atom is 0.323 e. The van der Waals surface area contributed by atoms with Crippen LogP contribution in [0, 0.1) is 6.92 Å². The Labute approximate surface area is 165 Å². The molecule has 1 aliphatic heterocycles. The third-order valence-electron chi connectivity index (χ3n) is 4.73. The summed E-state index contributed by atoms with van der Waals surface area (Å²) < 4.78 is 0. The van der Waals surface area contributed by atoms with E-state index in [1.54, 1.807) is 24.3 Å². The number of hydrogen-bond donors (Lipinski definition) is 4. The number of aryl methyl sites for hydroxylation is 1. The number of hydrogen-bond acceptors (Lipinski definition) is 5. The van der Waals surface area contributed by atoms with Gasteiger partial charge in [0.15, 0.2) is 0 Å². The predicted molar refractivity (Wildman–Crippen MR) is 110 cm³/mol. The van der Waals surface area contributed by atoms with Gasteiger partial charge in [-0.15, -0.1) is 0 Å². The highest BCUT2D eigenvalue weighted by molar-refractivity contribution is 6.39. The molecule has 0 spiro atoms. The SMILES string of the molecule is Cc1ccc(N2NC(C(=O)NC(C)c3ccc4[nH]c(=O)[nH]c4c3)=NCC2=O)cc1. The van der Waals surface area contributed by atoms with Crippen LogP contribution in [0.1, 0.15) is 24.1 Å². The number of anilines is 1. The van der Waals surface area contributed by atoms with E-state index in [1.807, 2.05) is 32.0 Å². The lowest BCUT2D eigenvalue weighted by atomic mass is 10.1. The van der Waals surface area contributed by atoms with Gasteiger partial charge >= 0.3 is 5.69 Å². The van der Waals surface area contributed by atoms with Crippen molar-refractivity contribution in [1.82, 2.24) is 20.7 Å². The molecule has 0 bridgehead atoms. The second-order valence-electron chi connectivity index (χ2n) is 6.92. The number of benzene rings is 2. The number of aromatic amines is 2. The molecule has 3 aromatic rings. The molecule has 2 amide bonds. The molecule has 4 rings (SSSR count). The van der Waals surface area contributed by atoms with Crippen molar-refractivity contribution in [1.29, 1.82) is 0 Å². The number of rotatable bonds is 4. The van der Waals surface area contributed by atoms with Crippen LogP contribution in [-0.4, -0.2) is 34.2 Å². The van der Waals surface area contributed by atoms with E-state index < -0.39 is 5.91 Å². The molecule has 148 valence electrons. The van der Waals surface area contributed by atoms with E-state index in [2.05, 4.69) is 25.7 Å². The molecule has 0 radical (unpaired) electrons. The van der Waals surface area contributed by atoms with Crippen molar-refractivity contribution < 1.29 is 9.59 Å². The zero-order chi connectivity index (χ0) is 20.5. The minimum absolute atomic E-state index is 0.0631. The highest BCUT2D eigenvalue weighted by atomic mass is 16.2. The molecule has 2 aromatic carbocycles. The third-order valence-corrected chi connectivity index (χ3v) is 4.73. The smallest absolute Gasteiger partial charge is 0.323 e. The zero-order valence-electron chi connectivity index (χ0n) is 15.9. The summed E-state index contributed by atoms with van der Waals surface area (Å²) in [5, 5.41) is 4.18. The summed E-state index contributed by atoms with van der Waals surface area (Å²) in [7, 11) is 0. The summed E-state index contributed by atoms with van der Waals surface area (Å²) in [4.78, 5) is 45.7. The van der Waals surface area contributed by atoms with Crippen LogP contribution >= 0.6 is 0 Å². The molecule has 1 unspecified atom stereocenters. The highest BCUT2D eigenvalue weighted by Gasteiger charge is 2.26. The number of H-pyrrole nitrogens is 2. The zero-order valence-corrected chi connectivity index (χ0v) is 15.9. The molecule has 1 atom stereocenters. The van der Waals surface area contributed by atoms with Gasteiger partial charge in [-0.3, -0.25) is 20.0 Å². The van der Waals surface area contributed by atoms with Crippen LogP contribution in [0.25, 0.3) is 11.0 Å². The van der Waals surface area contributed by atoms with Gasteiger partial charge in [0.2, 0.25) is 5.84 Å². The fraction of sp³-hybridized carbons (Fsp3) is 0.200. The lowest BCUT2D eigenvalue weighted by Gasteiger charge is -2.28. The Bertz CT molecular complexity index is 1170. The van der Waals surface area contributed by atoms with Crippen molar-refractivity contribution in [3.05, 3.63) is 64.1 Å². The van der Waals surface area contributed by atoms with Gasteiger partial charge < -0.3 is 15.3 Å². The van der Waals surface area contributed by atoms with E-state index >= 15 is 0 Å². The molecular formula is C20H20N6O3. The number of aromatic nitrogens is 2. The van der Waals surface area contributed by atoms with E-state index in [0.29, 0.717) is 16.7 Å². The Morgan fingerprint density at radius 1 is 1.10 bits per heavy atom. The number of carbonyl (C=O) groups excluding carboxylic acids is 2. The number of amidine groups is 1. The van der Waals surface area contributed by atoms with Crippen molar-refractivity contribution in [2.24, 2.45) is 4.99 Å². The first-order chi connectivity index (χ1) is 13.9. The average Bonchev–Trinajstić information content (AvgIpc) is 3.08. The summed E-state index contributed by atoms with van der Waals surface area (Å²) in [5.41, 5.74) is 6.40. The van der Waals surface area contributed by atoms with Gasteiger partial charge in [-0.1, -0.05) is 23.8 Å². The molecule has 0 saturated carbocycles. The van der Waals surface area contributed by atoms with Crippen molar-refractivity contribution >= 4 is 34.4 Å². The van der Waals surface area contributed by atoms with E-state index in [4.69, 9.17) is 0 Å². The Balaban J connectivity index is 1.48. The van der Waals surface area contributed by atoms with Gasteiger partial charge in [0, 0.05) is 0 Å². The van der Waals surface area contributed by atoms with Crippen LogP contribution in [0.15, 0.2) is 52.3 Å². The molecule has 1 aliphatic rings. The second-order valence-corrected chi connectivity index (χ2v) is 6.92. The first-order valence-corrected chi connectivity index (χ1v) is 9.14. The fourth-order valence-corrected chi connectivity index (χ4v) is 3.11. The van der Waals surface area contributed by atoms with E-state index in [0.717, 1.165) is 11.1 Å². The molecule has 2 heterocycles. The summed E-state index contributed by atoms with van der Waals surface area (Å²) in [6.07, 6.45) is 0. The van der Waals surface area contributed by atoms with Gasteiger partial charge in [0.05, 0.1) is 22.8 Å². The van der Waals surface area contributed by atoms with Gasteiger partial charge in [0.1, 0.15) is 6.54 Å². The van der Waals surface area contributed by atoms with E-state index in [1.165, 1.54) is 5.01 Å². The monoisotopic (exact) mass is 392 g/mol. The number of fused-ring (bicyclic) bond motifs is 1. The Morgan fingerprint density at radius 2 is 1.83 bits per heavy atom. The quantitative estimate of drug-likeness (QED) is 0.534. The maximum atomic E-state index is 12.7. The Kier molecular flexibility index (Phi) is 4.63. The number of nitrogens with zero attached hydrogens (tertiary/aromatic N) is 2. The highest BCUT2D eigenvalue weighted by Crippen LogP contribution is 2.18. The van der Waals surface area contributed by atoms with E-state index in [9.17, 15) is 14.4 Å². The minimum atomic E-state index is -0.426.